The molecule has 4 N–H and O–H groups in total. The molecule has 3 fully saturated rings. The summed E-state index contributed by atoms with van der Waals surface area (Å²) in [5.74, 6) is 0.521. The molecule has 0 aliphatic carbocycles. The van der Waals surface area contributed by atoms with Crippen molar-refractivity contribution in [1.82, 2.24) is 24.4 Å². The Labute approximate surface area is 190 Å². The summed E-state index contributed by atoms with van der Waals surface area (Å²) in [6.07, 6.45) is 0.898. The largest absolute Gasteiger partial charge is 0.444 e. The van der Waals surface area contributed by atoms with Gasteiger partial charge in [0.1, 0.15) is 30.2 Å². The van der Waals surface area contributed by atoms with E-state index in [0.29, 0.717) is 17.0 Å². The third-order valence-corrected chi connectivity index (χ3v) is 6.61. The van der Waals surface area contributed by atoms with Gasteiger partial charge in [-0.15, -0.1) is 0 Å². The first kappa shape index (κ1) is 22.3. The molecule has 2 bridgehead atoms. The number of ether oxygens (including phenoxy) is 2. The fourth-order valence-electron chi connectivity index (χ4n) is 5.17. The minimum Gasteiger partial charge on any atom is -0.444 e. The third kappa shape index (κ3) is 3.80. The number of hydrogen-bond acceptors (Lipinski definition) is 10. The van der Waals surface area contributed by atoms with Crippen molar-refractivity contribution in [1.29, 1.82) is 0 Å². The maximum absolute atomic E-state index is 12.7. The number of carbonyl (C=O) groups excluding carboxylic acids is 1. The van der Waals surface area contributed by atoms with Crippen LogP contribution in [0.4, 0.5) is 10.6 Å². The van der Waals surface area contributed by atoms with E-state index in [1.165, 1.54) is 17.2 Å². The molecule has 7 atom stereocenters. The van der Waals surface area contributed by atoms with E-state index in [1.807, 2.05) is 25.7 Å². The van der Waals surface area contributed by atoms with Gasteiger partial charge < -0.3 is 35.0 Å². The number of amides is 1. The molecule has 180 valence electrons. The molecule has 0 radical (unpaired) electrons. The number of nitrogens with one attached hydrogen (secondary N) is 1. The standard InChI is InChI=1S/C21H30N6O6/c1-21(2,3)33-20(31)27-10-4-5-12(27)11(6-10)25-17-14-18(23-8-22-17)26(9-24-14)19-16(30)15(29)13(7-28)32-19/h8-13,15-16,19,28-30H,4-7H2,1-3H3,(H,22,23,25)/t10?,11?,12?,13-,15-,16-,19-/m1/s1. The SMILES string of the molecule is CC(C)(C)OC(=O)N1C2CCC1C(Nc1ncnc3c1ncn3[C@@H]1O[C@H](CO)[C@@H](O)[C@H]1O)C2. The van der Waals surface area contributed by atoms with Gasteiger partial charge in [-0.05, 0) is 40.0 Å². The summed E-state index contributed by atoms with van der Waals surface area (Å²) in [4.78, 5) is 27.7. The zero-order chi connectivity index (χ0) is 23.5. The highest BCUT2D eigenvalue weighted by Crippen LogP contribution is 2.40. The Morgan fingerprint density at radius 1 is 1.24 bits per heavy atom. The molecule has 0 saturated carbocycles. The Morgan fingerprint density at radius 2 is 2.03 bits per heavy atom. The quantitative estimate of drug-likeness (QED) is 0.501. The Morgan fingerprint density at radius 3 is 2.73 bits per heavy atom. The van der Waals surface area contributed by atoms with Crippen LogP contribution in [0.15, 0.2) is 12.7 Å². The van der Waals surface area contributed by atoms with Crippen LogP contribution in [0, 0.1) is 0 Å². The molecule has 3 unspecified atom stereocenters. The molecule has 3 aliphatic heterocycles. The van der Waals surface area contributed by atoms with Gasteiger partial charge in [0.2, 0.25) is 0 Å². The topological polar surface area (TPSA) is 155 Å². The molecule has 1 amide bonds. The van der Waals surface area contributed by atoms with E-state index in [4.69, 9.17) is 9.47 Å². The van der Waals surface area contributed by atoms with Gasteiger partial charge >= 0.3 is 6.09 Å². The van der Waals surface area contributed by atoms with Crippen LogP contribution < -0.4 is 5.32 Å². The number of aromatic nitrogens is 4. The van der Waals surface area contributed by atoms with Gasteiger partial charge in [0.15, 0.2) is 23.2 Å². The second-order valence-electron chi connectivity index (χ2n) is 9.95. The molecule has 5 rings (SSSR count). The maximum atomic E-state index is 12.7. The number of hydrogen-bond donors (Lipinski definition) is 4. The molecule has 5 heterocycles. The second-order valence-corrected chi connectivity index (χ2v) is 9.95. The summed E-state index contributed by atoms with van der Waals surface area (Å²) in [5, 5.41) is 33.3. The van der Waals surface area contributed by atoms with E-state index in [-0.39, 0.29) is 24.2 Å². The van der Waals surface area contributed by atoms with E-state index in [0.717, 1.165) is 19.3 Å². The lowest BCUT2D eigenvalue weighted by Gasteiger charge is -2.28. The monoisotopic (exact) mass is 462 g/mol. The first-order chi connectivity index (χ1) is 15.7. The molecular formula is C21H30N6O6. The molecular weight excluding hydrogens is 432 g/mol. The number of aliphatic hydroxyl groups is 3. The summed E-state index contributed by atoms with van der Waals surface area (Å²) in [7, 11) is 0. The van der Waals surface area contributed by atoms with Crippen molar-refractivity contribution < 1.29 is 29.6 Å². The lowest BCUT2D eigenvalue weighted by molar-refractivity contribution is -0.0511. The van der Waals surface area contributed by atoms with Crippen molar-refractivity contribution in [2.75, 3.05) is 11.9 Å². The number of anilines is 1. The molecule has 33 heavy (non-hydrogen) atoms. The molecule has 12 nitrogen and oxygen atoms in total. The van der Waals surface area contributed by atoms with Crippen molar-refractivity contribution in [3.05, 3.63) is 12.7 Å². The first-order valence-electron chi connectivity index (χ1n) is 11.3. The van der Waals surface area contributed by atoms with E-state index in [2.05, 4.69) is 20.3 Å². The zero-order valence-electron chi connectivity index (χ0n) is 18.8. The normalized spacial score (nSPS) is 33.8. The fraction of sp³-hybridized carbons (Fsp3) is 0.714. The van der Waals surface area contributed by atoms with Gasteiger partial charge in [0.05, 0.1) is 25.0 Å². The van der Waals surface area contributed by atoms with Gasteiger partial charge in [-0.2, -0.15) is 0 Å². The van der Waals surface area contributed by atoms with Crippen LogP contribution in [0.5, 0.6) is 0 Å². The van der Waals surface area contributed by atoms with Crippen LogP contribution in [-0.2, 0) is 9.47 Å². The lowest BCUT2D eigenvalue weighted by atomic mass is 9.95. The lowest BCUT2D eigenvalue weighted by Crippen LogP contribution is -2.42. The fourth-order valence-corrected chi connectivity index (χ4v) is 5.17. The molecule has 12 heteroatoms. The number of carbonyl (C=O) groups is 1. The van der Waals surface area contributed by atoms with Gasteiger partial charge in [-0.25, -0.2) is 19.7 Å². The van der Waals surface area contributed by atoms with Gasteiger partial charge in [-0.3, -0.25) is 4.57 Å². The second kappa shape index (κ2) is 8.05. The molecule has 3 aliphatic rings. The Balaban J connectivity index is 1.36. The van der Waals surface area contributed by atoms with Crippen molar-refractivity contribution in [3.8, 4) is 0 Å². The van der Waals surface area contributed by atoms with Crippen LogP contribution in [-0.4, -0.2) is 94.5 Å². The van der Waals surface area contributed by atoms with Crippen molar-refractivity contribution >= 4 is 23.1 Å². The van der Waals surface area contributed by atoms with Crippen molar-refractivity contribution in [2.45, 2.75) is 88.3 Å². The van der Waals surface area contributed by atoms with E-state index in [1.54, 1.807) is 0 Å². The van der Waals surface area contributed by atoms with Gasteiger partial charge in [-0.1, -0.05) is 0 Å². The Kier molecular flexibility index (Phi) is 5.43. The highest BCUT2D eigenvalue weighted by Gasteiger charge is 2.50. The van der Waals surface area contributed by atoms with Gasteiger partial charge in [0, 0.05) is 6.04 Å². The maximum Gasteiger partial charge on any atom is 0.410 e. The average Bonchev–Trinajstić information content (AvgIpc) is 3.50. The van der Waals surface area contributed by atoms with Crippen LogP contribution in [0.3, 0.4) is 0 Å². The van der Waals surface area contributed by atoms with Crippen molar-refractivity contribution in [3.63, 3.8) is 0 Å². The van der Waals surface area contributed by atoms with Crippen LogP contribution in [0.2, 0.25) is 0 Å². The number of rotatable bonds is 4. The summed E-state index contributed by atoms with van der Waals surface area (Å²) in [6, 6.07) is 0.113. The average molecular weight is 463 g/mol. The van der Waals surface area contributed by atoms with Crippen LogP contribution in [0.25, 0.3) is 11.2 Å². The summed E-state index contributed by atoms with van der Waals surface area (Å²) in [5.41, 5.74) is 0.361. The summed E-state index contributed by atoms with van der Waals surface area (Å²) < 4.78 is 12.8. The Hall–Kier alpha value is -2.54. The molecule has 0 aromatic carbocycles. The first-order valence-corrected chi connectivity index (χ1v) is 11.3. The highest BCUT2D eigenvalue weighted by atomic mass is 16.6. The van der Waals surface area contributed by atoms with E-state index >= 15 is 0 Å². The summed E-state index contributed by atoms with van der Waals surface area (Å²) in [6.45, 7) is 5.17. The summed E-state index contributed by atoms with van der Waals surface area (Å²) >= 11 is 0. The number of aliphatic hydroxyl groups excluding tert-OH is 3. The van der Waals surface area contributed by atoms with Crippen LogP contribution >= 0.6 is 0 Å². The van der Waals surface area contributed by atoms with Crippen molar-refractivity contribution in [2.24, 2.45) is 0 Å². The highest BCUT2D eigenvalue weighted by molar-refractivity contribution is 5.83. The minimum atomic E-state index is -1.24. The van der Waals surface area contributed by atoms with Gasteiger partial charge in [0.25, 0.3) is 0 Å². The number of imidazole rings is 1. The zero-order valence-corrected chi connectivity index (χ0v) is 18.8. The molecule has 3 saturated heterocycles. The van der Waals surface area contributed by atoms with E-state index in [9.17, 15) is 20.1 Å². The Bertz CT molecular complexity index is 1040. The minimum absolute atomic E-state index is 0.00241. The predicted molar refractivity (Wildman–Crippen MR) is 115 cm³/mol. The number of nitrogens with zero attached hydrogens (tertiary/aromatic N) is 5. The predicted octanol–water partition coefficient (Wildman–Crippen LogP) is 0.390. The molecule has 0 spiro atoms. The smallest absolute Gasteiger partial charge is 0.410 e. The molecule has 2 aromatic rings. The van der Waals surface area contributed by atoms with Crippen LogP contribution in [0.1, 0.15) is 46.3 Å². The third-order valence-electron chi connectivity index (χ3n) is 6.61. The number of fused-ring (bicyclic) bond motifs is 3. The molecule has 2 aromatic heterocycles. The van der Waals surface area contributed by atoms with E-state index < -0.39 is 36.7 Å².